The molecule has 3 heterocycles. The molecule has 0 amide bonds. The van der Waals surface area contributed by atoms with Gasteiger partial charge in [-0.15, -0.1) is 0 Å². The number of hydrogen-bond donors (Lipinski definition) is 3. The van der Waals surface area contributed by atoms with Crippen LogP contribution in [0, 0.1) is 18.3 Å². The van der Waals surface area contributed by atoms with Crippen molar-refractivity contribution in [1.29, 1.82) is 5.26 Å². The molecule has 33 heavy (non-hydrogen) atoms. The number of nitrogen functional groups attached to an aromatic ring is 2. The Balaban J connectivity index is 1.83. The third kappa shape index (κ3) is 3.00. The normalized spacial score (nSPS) is 14.0. The van der Waals surface area contributed by atoms with E-state index in [9.17, 15) is 10.1 Å². The Morgan fingerprint density at radius 2 is 1.94 bits per heavy atom. The van der Waals surface area contributed by atoms with Gasteiger partial charge in [0.25, 0.3) is 5.56 Å². The number of anilines is 2. The molecule has 0 radical (unpaired) electrons. The molecule has 2 aromatic carbocycles. The van der Waals surface area contributed by atoms with Crippen molar-refractivity contribution in [3.63, 3.8) is 0 Å². The fraction of sp³-hybridized carbons (Fsp3) is 0.125. The summed E-state index contributed by atoms with van der Waals surface area (Å²) < 4.78 is 12.8. The number of aryl methyl sites for hydroxylation is 1. The monoisotopic (exact) mass is 440 g/mol. The third-order valence-corrected chi connectivity index (χ3v) is 5.83. The van der Waals surface area contributed by atoms with Crippen molar-refractivity contribution in [3.05, 3.63) is 86.8 Å². The number of para-hydroxylation sites is 1. The molecule has 9 heteroatoms. The molecule has 164 valence electrons. The van der Waals surface area contributed by atoms with E-state index >= 15 is 0 Å². The van der Waals surface area contributed by atoms with Crippen LogP contribution < -0.4 is 26.5 Å². The van der Waals surface area contributed by atoms with Crippen LogP contribution >= 0.6 is 0 Å². The lowest BCUT2D eigenvalue weighted by atomic mass is 9.82. The lowest BCUT2D eigenvalue weighted by Gasteiger charge is -2.29. The Morgan fingerprint density at radius 3 is 2.64 bits per heavy atom. The fourth-order valence-corrected chi connectivity index (χ4v) is 4.27. The number of nitrogens with one attached hydrogen (secondary N) is 1. The highest BCUT2D eigenvalue weighted by atomic mass is 16.5. The first kappa shape index (κ1) is 20.2. The molecule has 1 aliphatic rings. The van der Waals surface area contributed by atoms with Gasteiger partial charge < -0.3 is 20.9 Å². The average molecular weight is 440 g/mol. The largest absolute Gasteiger partial charge is 0.497 e. The summed E-state index contributed by atoms with van der Waals surface area (Å²) in [6.45, 7) is 1.82. The van der Waals surface area contributed by atoms with Gasteiger partial charge in [-0.25, -0.2) is 4.68 Å². The van der Waals surface area contributed by atoms with E-state index in [4.69, 9.17) is 20.9 Å². The smallest absolute Gasteiger partial charge is 0.275 e. The summed E-state index contributed by atoms with van der Waals surface area (Å²) in [4.78, 5) is 18.0. The van der Waals surface area contributed by atoms with Gasteiger partial charge in [0, 0.05) is 17.3 Å². The number of benzene rings is 2. The van der Waals surface area contributed by atoms with Crippen LogP contribution in [0.4, 0.5) is 11.5 Å². The minimum absolute atomic E-state index is 0.0358. The maximum absolute atomic E-state index is 13.7. The second-order valence-corrected chi connectivity index (χ2v) is 7.68. The summed E-state index contributed by atoms with van der Waals surface area (Å²) in [5, 5.41) is 12.8. The number of nitrogens with two attached hydrogens (primary N) is 2. The fourth-order valence-electron chi connectivity index (χ4n) is 4.27. The van der Waals surface area contributed by atoms with Gasteiger partial charge in [0.05, 0.1) is 35.5 Å². The average Bonchev–Trinajstić information content (AvgIpc) is 3.11. The van der Waals surface area contributed by atoms with E-state index in [1.54, 1.807) is 19.2 Å². The first-order chi connectivity index (χ1) is 15.9. The van der Waals surface area contributed by atoms with Gasteiger partial charge >= 0.3 is 0 Å². The number of aromatic nitrogens is 3. The molecular weight excluding hydrogens is 420 g/mol. The van der Waals surface area contributed by atoms with Gasteiger partial charge in [0.1, 0.15) is 28.9 Å². The van der Waals surface area contributed by atoms with Crippen molar-refractivity contribution >= 4 is 11.5 Å². The SMILES string of the molecule is COc1ccc2c(c1)Oc1nc(N)c(C#N)c(N)c1C2c1c(C)[nH]n(-c2ccccc2)c1=O. The highest BCUT2D eigenvalue weighted by Gasteiger charge is 2.37. The van der Waals surface area contributed by atoms with Crippen LogP contribution in [0.5, 0.6) is 17.4 Å². The van der Waals surface area contributed by atoms with Crippen LogP contribution in [0.3, 0.4) is 0 Å². The second-order valence-electron chi connectivity index (χ2n) is 7.68. The summed E-state index contributed by atoms with van der Waals surface area (Å²) in [5.74, 6) is 0.531. The maximum atomic E-state index is 13.7. The number of nitrogens with zero attached hydrogens (tertiary/aromatic N) is 3. The first-order valence-corrected chi connectivity index (χ1v) is 10.2. The number of pyridine rings is 1. The number of methoxy groups -OCH3 is 1. The van der Waals surface area contributed by atoms with Gasteiger partial charge in [0.15, 0.2) is 0 Å². The van der Waals surface area contributed by atoms with Crippen LogP contribution in [0.1, 0.15) is 33.9 Å². The second kappa shape index (κ2) is 7.46. The Labute approximate surface area is 188 Å². The van der Waals surface area contributed by atoms with Gasteiger partial charge in [-0.2, -0.15) is 10.2 Å². The van der Waals surface area contributed by atoms with Gasteiger partial charge in [0.2, 0.25) is 5.88 Å². The molecule has 4 aromatic rings. The van der Waals surface area contributed by atoms with E-state index in [0.717, 1.165) is 0 Å². The molecule has 2 aromatic heterocycles. The van der Waals surface area contributed by atoms with Crippen molar-refractivity contribution in [2.75, 3.05) is 18.6 Å². The van der Waals surface area contributed by atoms with E-state index < -0.39 is 5.92 Å². The van der Waals surface area contributed by atoms with Crippen LogP contribution in [0.25, 0.3) is 5.69 Å². The predicted octanol–water partition coefficient (Wildman–Crippen LogP) is 3.20. The summed E-state index contributed by atoms with van der Waals surface area (Å²) in [6, 6.07) is 16.6. The third-order valence-electron chi connectivity index (χ3n) is 5.83. The van der Waals surface area contributed by atoms with Crippen molar-refractivity contribution in [2.24, 2.45) is 0 Å². The highest BCUT2D eigenvalue weighted by molar-refractivity contribution is 5.75. The molecule has 1 unspecified atom stereocenters. The Morgan fingerprint density at radius 1 is 1.18 bits per heavy atom. The number of rotatable bonds is 3. The number of hydrogen-bond acceptors (Lipinski definition) is 7. The minimum Gasteiger partial charge on any atom is -0.497 e. The molecule has 1 aliphatic heterocycles. The topological polar surface area (TPSA) is 145 Å². The Hall–Kier alpha value is -4.71. The summed E-state index contributed by atoms with van der Waals surface area (Å²) in [5.41, 5.74) is 15.3. The number of H-pyrrole nitrogens is 1. The molecule has 5 N–H and O–H groups in total. The van der Waals surface area contributed by atoms with Crippen LogP contribution in [0.15, 0.2) is 53.3 Å². The zero-order chi connectivity index (χ0) is 23.3. The van der Waals surface area contributed by atoms with Gasteiger partial charge in [-0.1, -0.05) is 24.3 Å². The summed E-state index contributed by atoms with van der Waals surface area (Å²) in [6.07, 6.45) is 0. The lowest BCUT2D eigenvalue weighted by molar-refractivity contribution is 0.401. The van der Waals surface area contributed by atoms with Crippen LogP contribution in [-0.2, 0) is 0 Å². The van der Waals surface area contributed by atoms with Crippen LogP contribution in [0.2, 0.25) is 0 Å². The molecule has 0 spiro atoms. The Kier molecular flexibility index (Phi) is 4.57. The molecular formula is C24H20N6O3. The summed E-state index contributed by atoms with van der Waals surface area (Å²) >= 11 is 0. The van der Waals surface area contributed by atoms with E-state index in [0.29, 0.717) is 39.6 Å². The standard InChI is InChI=1S/C24H20N6O3/c1-12-18(24(31)30(29-12)13-6-4-3-5-7-13)19-15-9-8-14(32-2)10-17(15)33-23-20(19)21(26)16(11-25)22(27)28-23/h3-10,19,29H,1-2H3,(H4,26,27,28). The molecule has 9 nitrogen and oxygen atoms in total. The quantitative estimate of drug-likeness (QED) is 0.390. The van der Waals surface area contributed by atoms with Gasteiger partial charge in [-0.3, -0.25) is 9.89 Å². The van der Waals surface area contributed by atoms with E-state index in [2.05, 4.69) is 10.1 Å². The predicted molar refractivity (Wildman–Crippen MR) is 123 cm³/mol. The number of ether oxygens (including phenoxy) is 2. The zero-order valence-electron chi connectivity index (χ0n) is 17.9. The van der Waals surface area contributed by atoms with E-state index in [1.165, 1.54) is 4.68 Å². The van der Waals surface area contributed by atoms with Crippen molar-refractivity contribution in [1.82, 2.24) is 14.8 Å². The molecule has 0 aliphatic carbocycles. The van der Waals surface area contributed by atoms with E-state index in [-0.39, 0.29) is 28.5 Å². The Bertz CT molecular complexity index is 1500. The van der Waals surface area contributed by atoms with Crippen molar-refractivity contribution in [3.8, 4) is 29.1 Å². The maximum Gasteiger partial charge on any atom is 0.275 e. The van der Waals surface area contributed by atoms with Crippen molar-refractivity contribution < 1.29 is 9.47 Å². The lowest BCUT2D eigenvalue weighted by Crippen LogP contribution is -2.24. The highest BCUT2D eigenvalue weighted by Crippen LogP contribution is 2.50. The molecule has 1 atom stereocenters. The van der Waals surface area contributed by atoms with Gasteiger partial charge in [-0.05, 0) is 25.1 Å². The van der Waals surface area contributed by atoms with Crippen LogP contribution in [-0.4, -0.2) is 21.9 Å². The minimum atomic E-state index is -0.636. The molecule has 0 saturated heterocycles. The number of fused-ring (bicyclic) bond motifs is 2. The number of aromatic amines is 1. The van der Waals surface area contributed by atoms with E-state index in [1.807, 2.05) is 49.4 Å². The molecule has 0 fully saturated rings. The summed E-state index contributed by atoms with van der Waals surface area (Å²) in [7, 11) is 1.55. The first-order valence-electron chi connectivity index (χ1n) is 10.2. The zero-order valence-corrected chi connectivity index (χ0v) is 17.9. The molecule has 0 bridgehead atoms. The molecule has 0 saturated carbocycles. The molecule has 5 rings (SSSR count). The van der Waals surface area contributed by atoms with Crippen molar-refractivity contribution in [2.45, 2.75) is 12.8 Å². The number of nitriles is 1.